The van der Waals surface area contributed by atoms with E-state index in [4.69, 9.17) is 4.42 Å². The van der Waals surface area contributed by atoms with Crippen molar-refractivity contribution in [3.05, 3.63) is 41.4 Å². The van der Waals surface area contributed by atoms with Gasteiger partial charge in [0.05, 0.1) is 0 Å². The molecule has 0 atom stereocenters. The minimum Gasteiger partial charge on any atom is -0.454 e. The highest BCUT2D eigenvalue weighted by Crippen LogP contribution is 2.32. The van der Waals surface area contributed by atoms with Crippen LogP contribution >= 0.6 is 11.3 Å². The van der Waals surface area contributed by atoms with Crippen molar-refractivity contribution in [2.75, 3.05) is 0 Å². The number of rotatable bonds is 2. The number of thiazole rings is 1. The van der Waals surface area contributed by atoms with Crippen molar-refractivity contribution in [1.82, 2.24) is 4.98 Å². The molecule has 1 aromatic carbocycles. The van der Waals surface area contributed by atoms with Crippen molar-refractivity contribution in [2.24, 2.45) is 0 Å². The van der Waals surface area contributed by atoms with Gasteiger partial charge in [0.1, 0.15) is 5.58 Å². The van der Waals surface area contributed by atoms with Crippen molar-refractivity contribution in [3.63, 3.8) is 0 Å². The molecule has 17 heavy (non-hydrogen) atoms. The predicted molar refractivity (Wildman–Crippen MR) is 71.4 cm³/mol. The molecule has 3 heteroatoms. The average Bonchev–Trinajstić information content (AvgIpc) is 2.95. The summed E-state index contributed by atoms with van der Waals surface area (Å²) in [6.45, 7) is 4.35. The van der Waals surface area contributed by atoms with Crippen molar-refractivity contribution in [2.45, 2.75) is 19.8 Å². The third-order valence-electron chi connectivity index (χ3n) is 2.73. The van der Waals surface area contributed by atoms with E-state index >= 15 is 0 Å². The summed E-state index contributed by atoms with van der Waals surface area (Å²) in [5.41, 5.74) is 0.920. The number of hydrogen-bond donors (Lipinski definition) is 0. The Morgan fingerprint density at radius 3 is 2.76 bits per heavy atom. The Bertz CT molecular complexity index is 618. The van der Waals surface area contributed by atoms with E-state index in [1.54, 1.807) is 11.3 Å². The predicted octanol–water partition coefficient (Wildman–Crippen LogP) is 4.68. The number of aromatic nitrogens is 1. The van der Waals surface area contributed by atoms with Gasteiger partial charge in [-0.3, -0.25) is 0 Å². The minimum absolute atomic E-state index is 0.519. The standard InChI is InChI=1S/C14H13NOS/c1-9(2)13-8-15-14(17-13)12-7-10-5-3-4-6-11(10)16-12/h3-9H,1-2H3. The summed E-state index contributed by atoms with van der Waals surface area (Å²) in [4.78, 5) is 5.72. The maximum atomic E-state index is 5.80. The van der Waals surface area contributed by atoms with Gasteiger partial charge in [-0.1, -0.05) is 32.0 Å². The Kier molecular flexibility index (Phi) is 2.48. The number of benzene rings is 1. The summed E-state index contributed by atoms with van der Waals surface area (Å²) in [5, 5.41) is 2.09. The van der Waals surface area contributed by atoms with Crippen LogP contribution in [-0.2, 0) is 0 Å². The molecule has 0 spiro atoms. The molecule has 0 saturated carbocycles. The summed E-state index contributed by atoms with van der Waals surface area (Å²) < 4.78 is 5.80. The Morgan fingerprint density at radius 1 is 1.24 bits per heavy atom. The first-order chi connectivity index (χ1) is 8.24. The normalized spacial score (nSPS) is 11.5. The van der Waals surface area contributed by atoms with Crippen LogP contribution in [0.1, 0.15) is 24.6 Å². The SMILES string of the molecule is CC(C)c1cnc(-c2cc3ccccc3o2)s1. The van der Waals surface area contributed by atoms with E-state index in [1.807, 2.05) is 24.4 Å². The van der Waals surface area contributed by atoms with E-state index in [0.717, 1.165) is 21.7 Å². The van der Waals surface area contributed by atoms with Crippen molar-refractivity contribution in [1.29, 1.82) is 0 Å². The van der Waals surface area contributed by atoms with Crippen LogP contribution in [0.3, 0.4) is 0 Å². The second-order valence-electron chi connectivity index (χ2n) is 4.37. The van der Waals surface area contributed by atoms with Crippen LogP contribution in [0.15, 0.2) is 40.9 Å². The summed E-state index contributed by atoms with van der Waals surface area (Å²) in [6.07, 6.45) is 1.94. The lowest BCUT2D eigenvalue weighted by Crippen LogP contribution is -1.77. The molecule has 0 unspecified atom stereocenters. The summed E-state index contributed by atoms with van der Waals surface area (Å²) in [5.74, 6) is 1.38. The molecule has 2 nitrogen and oxygen atoms in total. The highest BCUT2D eigenvalue weighted by Gasteiger charge is 2.11. The lowest BCUT2D eigenvalue weighted by Gasteiger charge is -1.95. The van der Waals surface area contributed by atoms with E-state index in [9.17, 15) is 0 Å². The zero-order valence-corrected chi connectivity index (χ0v) is 10.6. The van der Waals surface area contributed by atoms with Crippen LogP contribution in [0.5, 0.6) is 0 Å². The number of para-hydroxylation sites is 1. The summed E-state index contributed by atoms with van der Waals surface area (Å²) in [7, 11) is 0. The molecule has 0 N–H and O–H groups in total. The van der Waals surface area contributed by atoms with E-state index < -0.39 is 0 Å². The first-order valence-corrected chi connectivity index (χ1v) is 6.50. The molecule has 0 radical (unpaired) electrons. The minimum atomic E-state index is 0.519. The Hall–Kier alpha value is -1.61. The first kappa shape index (κ1) is 10.5. The van der Waals surface area contributed by atoms with Crippen LogP contribution in [0.4, 0.5) is 0 Å². The van der Waals surface area contributed by atoms with Gasteiger partial charge in [-0.05, 0) is 18.1 Å². The first-order valence-electron chi connectivity index (χ1n) is 5.69. The summed E-state index contributed by atoms with van der Waals surface area (Å²) in [6, 6.07) is 10.1. The van der Waals surface area contributed by atoms with Gasteiger partial charge < -0.3 is 4.42 Å². The average molecular weight is 243 g/mol. The van der Waals surface area contributed by atoms with Crippen molar-refractivity contribution >= 4 is 22.3 Å². The van der Waals surface area contributed by atoms with Gasteiger partial charge in [-0.25, -0.2) is 4.98 Å². The maximum absolute atomic E-state index is 5.80. The van der Waals surface area contributed by atoms with Gasteiger partial charge in [0.2, 0.25) is 0 Å². The third kappa shape index (κ3) is 1.87. The zero-order valence-electron chi connectivity index (χ0n) is 9.81. The fraction of sp³-hybridized carbons (Fsp3) is 0.214. The van der Waals surface area contributed by atoms with Crippen LogP contribution in [0.25, 0.3) is 21.7 Å². The molecule has 0 aliphatic heterocycles. The Labute approximate surface area is 104 Å². The molecule has 0 aliphatic rings. The molecule has 3 aromatic rings. The van der Waals surface area contributed by atoms with Crippen LogP contribution in [0.2, 0.25) is 0 Å². The van der Waals surface area contributed by atoms with Gasteiger partial charge in [0.25, 0.3) is 0 Å². The van der Waals surface area contributed by atoms with Gasteiger partial charge in [0, 0.05) is 16.5 Å². The lowest BCUT2D eigenvalue weighted by atomic mass is 10.2. The zero-order chi connectivity index (χ0) is 11.8. The van der Waals surface area contributed by atoms with Crippen LogP contribution in [-0.4, -0.2) is 4.98 Å². The van der Waals surface area contributed by atoms with Gasteiger partial charge in [-0.15, -0.1) is 11.3 Å². The van der Waals surface area contributed by atoms with E-state index in [-0.39, 0.29) is 0 Å². The molecule has 3 rings (SSSR count). The Morgan fingerprint density at radius 2 is 2.06 bits per heavy atom. The molecule has 0 saturated heterocycles. The number of furan rings is 1. The maximum Gasteiger partial charge on any atom is 0.164 e. The molecule has 0 fully saturated rings. The van der Waals surface area contributed by atoms with Crippen LogP contribution in [0, 0.1) is 0 Å². The highest BCUT2D eigenvalue weighted by molar-refractivity contribution is 7.15. The fourth-order valence-electron chi connectivity index (χ4n) is 1.75. The molecule has 0 amide bonds. The van der Waals surface area contributed by atoms with Crippen molar-refractivity contribution in [3.8, 4) is 10.8 Å². The number of fused-ring (bicyclic) bond motifs is 1. The van der Waals surface area contributed by atoms with Gasteiger partial charge in [0.15, 0.2) is 10.8 Å². The quantitative estimate of drug-likeness (QED) is 0.653. The van der Waals surface area contributed by atoms with Gasteiger partial charge >= 0.3 is 0 Å². The Balaban J connectivity index is 2.07. The fourth-order valence-corrected chi connectivity index (χ4v) is 2.63. The molecule has 2 heterocycles. The number of nitrogens with zero attached hydrogens (tertiary/aromatic N) is 1. The molecular formula is C14H13NOS. The topological polar surface area (TPSA) is 26.0 Å². The smallest absolute Gasteiger partial charge is 0.164 e. The van der Waals surface area contributed by atoms with E-state index in [1.165, 1.54) is 4.88 Å². The van der Waals surface area contributed by atoms with Crippen LogP contribution < -0.4 is 0 Å². The van der Waals surface area contributed by atoms with E-state index in [0.29, 0.717) is 5.92 Å². The second kappa shape index (κ2) is 4.00. The second-order valence-corrected chi connectivity index (χ2v) is 5.43. The molecule has 0 bridgehead atoms. The highest BCUT2D eigenvalue weighted by atomic mass is 32.1. The number of hydrogen-bond acceptors (Lipinski definition) is 3. The molecule has 2 aromatic heterocycles. The monoisotopic (exact) mass is 243 g/mol. The lowest BCUT2D eigenvalue weighted by molar-refractivity contribution is 0.631. The van der Waals surface area contributed by atoms with E-state index in [2.05, 4.69) is 31.0 Å². The molecule has 86 valence electrons. The molecule has 0 aliphatic carbocycles. The van der Waals surface area contributed by atoms with Crippen molar-refractivity contribution < 1.29 is 4.42 Å². The summed E-state index contributed by atoms with van der Waals surface area (Å²) >= 11 is 1.70. The molecular weight excluding hydrogens is 230 g/mol. The largest absolute Gasteiger partial charge is 0.454 e. The van der Waals surface area contributed by atoms with Gasteiger partial charge in [-0.2, -0.15) is 0 Å². The third-order valence-corrected chi connectivity index (χ3v) is 4.04.